The molecule has 3 atom stereocenters. The fourth-order valence-electron chi connectivity index (χ4n) is 2.27. The number of nitrogens with two attached hydrogens (primary N) is 1. The Morgan fingerprint density at radius 3 is 2.08 bits per heavy atom. The fraction of sp³-hybridized carbons (Fsp3) is 0.867. The van der Waals surface area contributed by atoms with E-state index < -0.39 is 6.10 Å². The van der Waals surface area contributed by atoms with Gasteiger partial charge in [0, 0.05) is 19.6 Å². The Kier molecular flexibility index (Phi) is 13.4. The van der Waals surface area contributed by atoms with Crippen molar-refractivity contribution in [2.45, 2.75) is 37.5 Å². The van der Waals surface area contributed by atoms with Crippen molar-refractivity contribution >= 4 is 11.8 Å². The molecular formula is C15H34N6O3. The summed E-state index contributed by atoms with van der Waals surface area (Å²) in [4.78, 5) is 23.9. The summed E-state index contributed by atoms with van der Waals surface area (Å²) in [6.07, 6.45) is 1.23. The first-order chi connectivity index (χ1) is 11.5. The average molecular weight is 346 g/mol. The largest absolute Gasteiger partial charge is 0.390 e. The zero-order valence-electron chi connectivity index (χ0n) is 15.0. The Bertz CT molecular complexity index is 356. The van der Waals surface area contributed by atoms with Gasteiger partial charge in [-0.2, -0.15) is 0 Å². The molecule has 2 amide bonds. The van der Waals surface area contributed by atoms with Crippen molar-refractivity contribution in [2.24, 2.45) is 5.73 Å². The molecular weight excluding hydrogens is 312 g/mol. The van der Waals surface area contributed by atoms with Crippen LogP contribution in [0.2, 0.25) is 0 Å². The van der Waals surface area contributed by atoms with E-state index in [4.69, 9.17) is 5.73 Å². The minimum atomic E-state index is -0.614. The van der Waals surface area contributed by atoms with E-state index in [-0.39, 0.29) is 30.4 Å². The van der Waals surface area contributed by atoms with Gasteiger partial charge in [0.25, 0.3) is 0 Å². The lowest BCUT2D eigenvalue weighted by atomic mass is 10.1. The van der Waals surface area contributed by atoms with E-state index >= 15 is 0 Å². The molecule has 0 aromatic carbocycles. The molecule has 0 aliphatic carbocycles. The molecule has 24 heavy (non-hydrogen) atoms. The van der Waals surface area contributed by atoms with Crippen molar-refractivity contribution in [1.82, 2.24) is 26.6 Å². The van der Waals surface area contributed by atoms with E-state index in [1.165, 1.54) is 0 Å². The van der Waals surface area contributed by atoms with Crippen LogP contribution in [0.1, 0.15) is 19.3 Å². The molecule has 0 bridgehead atoms. The first-order valence-corrected chi connectivity index (χ1v) is 8.42. The molecule has 9 nitrogen and oxygen atoms in total. The smallest absolute Gasteiger partial charge is 0.237 e. The van der Waals surface area contributed by atoms with E-state index in [9.17, 15) is 14.7 Å². The van der Waals surface area contributed by atoms with Gasteiger partial charge in [-0.1, -0.05) is 0 Å². The maximum atomic E-state index is 12.0. The monoisotopic (exact) mass is 346 g/mol. The molecule has 0 saturated heterocycles. The molecule has 9 heteroatoms. The fourth-order valence-corrected chi connectivity index (χ4v) is 2.27. The van der Waals surface area contributed by atoms with Gasteiger partial charge in [0.15, 0.2) is 0 Å². The molecule has 0 heterocycles. The van der Waals surface area contributed by atoms with Crippen LogP contribution in [0.3, 0.4) is 0 Å². The molecule has 0 radical (unpaired) electrons. The van der Waals surface area contributed by atoms with Crippen LogP contribution in [0, 0.1) is 0 Å². The van der Waals surface area contributed by atoms with E-state index in [0.717, 1.165) is 0 Å². The van der Waals surface area contributed by atoms with Crippen molar-refractivity contribution in [2.75, 3.05) is 47.3 Å². The molecule has 0 aromatic rings. The molecule has 0 aliphatic rings. The highest BCUT2D eigenvalue weighted by atomic mass is 16.3. The number of carbonyl (C=O) groups excluding carboxylic acids is 2. The van der Waals surface area contributed by atoms with Gasteiger partial charge in [-0.3, -0.25) is 9.59 Å². The number of likely N-dealkylation sites (N-methyl/N-ethyl adjacent to an activating group) is 3. The summed E-state index contributed by atoms with van der Waals surface area (Å²) in [5, 5.41) is 23.8. The zero-order chi connectivity index (χ0) is 18.4. The van der Waals surface area contributed by atoms with Gasteiger partial charge in [0.05, 0.1) is 18.2 Å². The zero-order valence-corrected chi connectivity index (χ0v) is 15.0. The summed E-state index contributed by atoms with van der Waals surface area (Å²) in [6, 6.07) is -0.639. The summed E-state index contributed by atoms with van der Waals surface area (Å²) in [7, 11) is 5.18. The van der Waals surface area contributed by atoms with E-state index in [2.05, 4.69) is 26.6 Å². The van der Waals surface area contributed by atoms with Crippen molar-refractivity contribution in [3.8, 4) is 0 Å². The van der Waals surface area contributed by atoms with Gasteiger partial charge in [-0.25, -0.2) is 0 Å². The van der Waals surface area contributed by atoms with Crippen molar-refractivity contribution in [1.29, 1.82) is 0 Å². The van der Waals surface area contributed by atoms with Gasteiger partial charge in [0.1, 0.15) is 0 Å². The summed E-state index contributed by atoms with van der Waals surface area (Å²) < 4.78 is 0. The molecule has 0 rings (SSSR count). The minimum absolute atomic E-state index is 0.0800. The maximum absolute atomic E-state index is 12.0. The second-order valence-electron chi connectivity index (χ2n) is 5.65. The second kappa shape index (κ2) is 14.1. The van der Waals surface area contributed by atoms with Gasteiger partial charge in [-0.05, 0) is 47.0 Å². The summed E-state index contributed by atoms with van der Waals surface area (Å²) in [6.45, 7) is 1.57. The van der Waals surface area contributed by atoms with Gasteiger partial charge in [-0.15, -0.1) is 0 Å². The van der Waals surface area contributed by atoms with Gasteiger partial charge >= 0.3 is 0 Å². The number of carbonyl (C=O) groups is 2. The topological polar surface area (TPSA) is 141 Å². The predicted octanol–water partition coefficient (Wildman–Crippen LogP) is -2.90. The quantitative estimate of drug-likeness (QED) is 0.167. The van der Waals surface area contributed by atoms with Gasteiger partial charge in [0.2, 0.25) is 11.8 Å². The van der Waals surface area contributed by atoms with Crippen LogP contribution in [-0.2, 0) is 9.59 Å². The number of aliphatic hydroxyl groups is 1. The Balaban J connectivity index is 4.04. The van der Waals surface area contributed by atoms with Crippen LogP contribution in [-0.4, -0.2) is 82.4 Å². The number of rotatable bonds is 14. The average Bonchev–Trinajstić information content (AvgIpc) is 2.57. The molecule has 0 fully saturated rings. The van der Waals surface area contributed by atoms with Gasteiger partial charge < -0.3 is 37.4 Å². The number of hydrogen-bond acceptors (Lipinski definition) is 7. The molecule has 0 saturated carbocycles. The van der Waals surface area contributed by atoms with Crippen molar-refractivity contribution in [3.05, 3.63) is 0 Å². The third-order valence-electron chi connectivity index (χ3n) is 3.71. The van der Waals surface area contributed by atoms with Crippen LogP contribution >= 0.6 is 0 Å². The Morgan fingerprint density at radius 2 is 1.54 bits per heavy atom. The lowest BCUT2D eigenvalue weighted by molar-refractivity contribution is -0.123. The van der Waals surface area contributed by atoms with E-state index in [1.807, 2.05) is 0 Å². The maximum Gasteiger partial charge on any atom is 0.237 e. The first-order valence-electron chi connectivity index (χ1n) is 8.42. The first kappa shape index (κ1) is 22.7. The third kappa shape index (κ3) is 9.78. The standard InChI is InChI=1S/C15H34N6O3/c1-17-9-11(22)10-21-15(24)12(18-2)5-4-8-20-14(23)13(19-3)6-7-16/h11-13,17-19,22H,4-10,16H2,1-3H3,(H,20,23)(H,21,24)/t11?,12-,13-/m0/s1. The summed E-state index contributed by atoms with van der Waals surface area (Å²) in [5.41, 5.74) is 5.46. The third-order valence-corrected chi connectivity index (χ3v) is 3.71. The van der Waals surface area contributed by atoms with Crippen molar-refractivity contribution < 1.29 is 14.7 Å². The highest BCUT2D eigenvalue weighted by Crippen LogP contribution is 1.97. The SMILES string of the molecule is CNCC(O)CNC(=O)[C@H](CCCNC(=O)[C@H](CCN)NC)NC. The number of hydrogen-bond donors (Lipinski definition) is 7. The Morgan fingerprint density at radius 1 is 0.958 bits per heavy atom. The van der Waals surface area contributed by atoms with E-state index in [1.54, 1.807) is 21.1 Å². The lowest BCUT2D eigenvalue weighted by Crippen LogP contribution is -2.47. The summed E-state index contributed by atoms with van der Waals surface area (Å²) >= 11 is 0. The molecule has 0 aliphatic heterocycles. The van der Waals surface area contributed by atoms with Crippen LogP contribution in [0.15, 0.2) is 0 Å². The Labute approximate surface area is 144 Å². The number of aliphatic hydroxyl groups excluding tert-OH is 1. The van der Waals surface area contributed by atoms with Crippen LogP contribution in [0.5, 0.6) is 0 Å². The molecule has 0 aromatic heterocycles. The molecule has 142 valence electrons. The number of nitrogens with one attached hydrogen (secondary N) is 5. The number of amides is 2. The minimum Gasteiger partial charge on any atom is -0.390 e. The van der Waals surface area contributed by atoms with Crippen LogP contribution < -0.4 is 32.3 Å². The van der Waals surface area contributed by atoms with Crippen LogP contribution in [0.4, 0.5) is 0 Å². The lowest BCUT2D eigenvalue weighted by Gasteiger charge is -2.18. The highest BCUT2D eigenvalue weighted by molar-refractivity contribution is 5.82. The normalized spacial score (nSPS) is 14.7. The molecule has 0 spiro atoms. The summed E-state index contributed by atoms with van der Waals surface area (Å²) in [5.74, 6) is -0.237. The predicted molar refractivity (Wildman–Crippen MR) is 94.6 cm³/mol. The Hall–Kier alpha value is -1.26. The highest BCUT2D eigenvalue weighted by Gasteiger charge is 2.18. The second-order valence-corrected chi connectivity index (χ2v) is 5.65. The van der Waals surface area contributed by atoms with E-state index in [0.29, 0.717) is 38.9 Å². The van der Waals surface area contributed by atoms with Crippen molar-refractivity contribution in [3.63, 3.8) is 0 Å². The molecule has 8 N–H and O–H groups in total. The molecule has 1 unspecified atom stereocenters. The van der Waals surface area contributed by atoms with Crippen LogP contribution in [0.25, 0.3) is 0 Å².